The number of thiophene rings is 2. The van der Waals surface area contributed by atoms with E-state index in [2.05, 4.69) is 91.7 Å². The van der Waals surface area contributed by atoms with Gasteiger partial charge in [0.25, 0.3) is 11.8 Å². The summed E-state index contributed by atoms with van der Waals surface area (Å²) in [6.07, 6.45) is 8.02. The van der Waals surface area contributed by atoms with Crippen molar-refractivity contribution in [3.63, 3.8) is 0 Å². The van der Waals surface area contributed by atoms with E-state index in [0.29, 0.717) is 24.2 Å². The summed E-state index contributed by atoms with van der Waals surface area (Å²) in [5.41, 5.74) is 2.76. The maximum absolute atomic E-state index is 14.5. The second-order valence-electron chi connectivity index (χ2n) is 19.8. The van der Waals surface area contributed by atoms with E-state index in [1.807, 2.05) is 44.8 Å². The van der Waals surface area contributed by atoms with E-state index < -0.39 is 50.4 Å². The molecule has 0 spiro atoms. The van der Waals surface area contributed by atoms with Gasteiger partial charge in [-0.3, -0.25) is 9.59 Å². The highest BCUT2D eigenvalue weighted by Crippen LogP contribution is 2.48. The van der Waals surface area contributed by atoms with Crippen molar-refractivity contribution in [1.29, 1.82) is 0 Å². The lowest BCUT2D eigenvalue weighted by molar-refractivity contribution is -0.124. The monoisotopic (exact) mass is 924 g/mol. The molecule has 16 heteroatoms. The van der Waals surface area contributed by atoms with Crippen LogP contribution in [0.25, 0.3) is 11.4 Å². The highest BCUT2D eigenvalue weighted by molar-refractivity contribution is 7.11. The van der Waals surface area contributed by atoms with Crippen molar-refractivity contribution in [2.24, 2.45) is 0 Å². The SMILES string of the molecule is C.C[Si](C)(C)O[Si](C)(CCCCCCN1C(=O)C2=C(c3cccs3)N(CCCCCC[Si](C)(O[Si](C)(C)C)O[Si](C)(C)C)C(=O)C2=C1c1cccs1)O[Si](C)(C)C. The lowest BCUT2D eigenvalue weighted by Gasteiger charge is -2.38. The fraction of sp³-hybridized carbons (Fsp3) is 0.659. The van der Waals surface area contributed by atoms with E-state index >= 15 is 0 Å². The van der Waals surface area contributed by atoms with E-state index in [-0.39, 0.29) is 19.2 Å². The molecule has 322 valence electrons. The van der Waals surface area contributed by atoms with Crippen molar-refractivity contribution < 1.29 is 26.0 Å². The average molecular weight is 926 g/mol. The van der Waals surface area contributed by atoms with Crippen molar-refractivity contribution in [3.8, 4) is 0 Å². The number of hydrogen-bond acceptors (Lipinski definition) is 8. The van der Waals surface area contributed by atoms with E-state index in [0.717, 1.165) is 84.6 Å². The van der Waals surface area contributed by atoms with Crippen LogP contribution in [0.5, 0.6) is 0 Å². The number of carbonyl (C=O) groups is 2. The molecular weight excluding hydrogens is 849 g/mol. The third-order valence-electron chi connectivity index (χ3n) is 9.30. The molecule has 0 aromatic carbocycles. The van der Waals surface area contributed by atoms with Crippen LogP contribution in [0.15, 0.2) is 46.2 Å². The van der Waals surface area contributed by atoms with Gasteiger partial charge in [-0.1, -0.05) is 58.1 Å². The van der Waals surface area contributed by atoms with Crippen molar-refractivity contribution in [2.75, 3.05) is 13.1 Å². The number of nitrogens with zero attached hydrogens (tertiary/aromatic N) is 2. The molecule has 0 aliphatic carbocycles. The Balaban J connectivity index is 0.00000870. The third kappa shape index (κ3) is 15.1. The minimum Gasteiger partial charge on any atom is -0.437 e. The largest absolute Gasteiger partial charge is 0.437 e. The molecular formula is C41H76N2O6S2Si6. The van der Waals surface area contributed by atoms with Gasteiger partial charge in [-0.25, -0.2) is 0 Å². The van der Waals surface area contributed by atoms with Crippen LogP contribution in [0.3, 0.4) is 0 Å². The van der Waals surface area contributed by atoms with E-state index in [9.17, 15) is 9.59 Å². The Bertz CT molecular complexity index is 1530. The van der Waals surface area contributed by atoms with Gasteiger partial charge >= 0.3 is 17.1 Å². The first-order chi connectivity index (χ1) is 25.8. The van der Waals surface area contributed by atoms with Crippen LogP contribution in [-0.2, 0) is 26.0 Å². The normalized spacial score (nSPS) is 16.0. The van der Waals surface area contributed by atoms with Crippen molar-refractivity contribution >= 4 is 96.3 Å². The molecule has 2 aromatic heterocycles. The molecule has 0 bridgehead atoms. The summed E-state index contributed by atoms with van der Waals surface area (Å²) in [6, 6.07) is 10.1. The molecule has 0 N–H and O–H groups in total. The molecule has 2 aliphatic heterocycles. The number of unbranched alkanes of at least 4 members (excludes halogenated alkanes) is 6. The van der Waals surface area contributed by atoms with Gasteiger partial charge in [0.2, 0.25) is 0 Å². The highest BCUT2D eigenvalue weighted by Gasteiger charge is 2.49. The minimum absolute atomic E-state index is 0. The molecule has 4 heterocycles. The molecule has 0 unspecified atom stereocenters. The number of carbonyl (C=O) groups excluding carboxylic acids is 2. The fourth-order valence-electron chi connectivity index (χ4n) is 8.14. The molecule has 0 atom stereocenters. The van der Waals surface area contributed by atoms with E-state index in [1.165, 1.54) is 0 Å². The minimum atomic E-state index is -2.27. The molecule has 2 amide bonds. The Hall–Kier alpha value is -1.04. The quantitative estimate of drug-likeness (QED) is 0.0771. The van der Waals surface area contributed by atoms with Gasteiger partial charge in [-0.15, -0.1) is 22.7 Å². The average Bonchev–Trinajstić information content (AvgIpc) is 3.81. The zero-order valence-electron chi connectivity index (χ0n) is 37.1. The maximum atomic E-state index is 14.5. The second kappa shape index (κ2) is 20.2. The van der Waals surface area contributed by atoms with Crippen molar-refractivity contribution in [2.45, 2.75) is 163 Å². The lowest BCUT2D eigenvalue weighted by Crippen LogP contribution is -2.52. The Kier molecular flexibility index (Phi) is 17.9. The Morgan fingerprint density at radius 3 is 1.04 bits per heavy atom. The first kappa shape index (κ1) is 50.3. The van der Waals surface area contributed by atoms with Crippen LogP contribution in [-0.4, -0.2) is 85.1 Å². The van der Waals surface area contributed by atoms with Crippen molar-refractivity contribution in [1.82, 2.24) is 9.80 Å². The van der Waals surface area contributed by atoms with Crippen molar-refractivity contribution in [3.05, 3.63) is 55.9 Å². The summed E-state index contributed by atoms with van der Waals surface area (Å²) in [6.45, 7) is 32.8. The number of hydrogen-bond donors (Lipinski definition) is 0. The van der Waals surface area contributed by atoms with Crippen LogP contribution in [0.4, 0.5) is 0 Å². The number of rotatable bonds is 24. The predicted octanol–water partition coefficient (Wildman–Crippen LogP) is 12.9. The van der Waals surface area contributed by atoms with Crippen LogP contribution in [0.2, 0.25) is 104 Å². The van der Waals surface area contributed by atoms with Crippen LogP contribution in [0.1, 0.15) is 68.5 Å². The van der Waals surface area contributed by atoms with Gasteiger partial charge in [0.1, 0.15) is 0 Å². The van der Waals surface area contributed by atoms with E-state index in [1.54, 1.807) is 22.7 Å². The Labute approximate surface area is 361 Å². The molecule has 0 saturated carbocycles. The summed E-state index contributed by atoms with van der Waals surface area (Å²) in [4.78, 5) is 34.8. The summed E-state index contributed by atoms with van der Waals surface area (Å²) in [7, 11) is -11.5. The molecule has 0 radical (unpaired) electrons. The highest BCUT2D eigenvalue weighted by atomic mass is 32.1. The topological polar surface area (TPSA) is 77.5 Å². The molecule has 4 rings (SSSR count). The van der Waals surface area contributed by atoms with Gasteiger partial charge in [-0.2, -0.15) is 0 Å². The maximum Gasteiger partial charge on any atom is 0.314 e. The van der Waals surface area contributed by atoms with Gasteiger partial charge < -0.3 is 26.3 Å². The fourth-order valence-corrected chi connectivity index (χ4v) is 34.9. The van der Waals surface area contributed by atoms with Gasteiger partial charge in [0, 0.05) is 13.1 Å². The van der Waals surface area contributed by atoms with Gasteiger partial charge in [-0.05, 0) is 139 Å². The van der Waals surface area contributed by atoms with Gasteiger partial charge in [0.15, 0.2) is 33.3 Å². The van der Waals surface area contributed by atoms with Crippen LogP contribution >= 0.6 is 22.7 Å². The molecule has 2 aromatic rings. The Morgan fingerprint density at radius 2 is 0.772 bits per heavy atom. The summed E-state index contributed by atoms with van der Waals surface area (Å²) >= 11 is 3.20. The molecule has 57 heavy (non-hydrogen) atoms. The standard InChI is InChI=1S/C40H72N2O6S2Si6.CH4/c1-51(2,3)45-55(13,46-52(4,5)6)31-21-17-15-19-27-41-37(33-25-23-29-49-33)35-36(39(41)43)38(34-26-24-30-50-34)42(40(35)44)28-20-16-18-22-32-56(14,47-53(7,8)9)48-54(10,11)12;/h23-26,29-30H,15-22,27-28,31-32H2,1-14H3;1H4. The zero-order chi connectivity index (χ0) is 41.7. The first-order valence-corrected chi connectivity index (χ1v) is 41.3. The smallest absolute Gasteiger partial charge is 0.314 e. The second-order valence-corrected chi connectivity index (χ2v) is 47.4. The van der Waals surface area contributed by atoms with Crippen LogP contribution < -0.4 is 0 Å². The molecule has 8 nitrogen and oxygen atoms in total. The molecule has 0 fully saturated rings. The zero-order valence-corrected chi connectivity index (χ0v) is 44.7. The van der Waals surface area contributed by atoms with E-state index in [4.69, 9.17) is 16.5 Å². The lowest BCUT2D eigenvalue weighted by atomic mass is 10.1. The summed E-state index contributed by atoms with van der Waals surface area (Å²) in [5, 5.41) is 4.07. The molecule has 2 aliphatic rings. The summed E-state index contributed by atoms with van der Waals surface area (Å²) in [5.74, 6) is -0.0764. The molecule has 0 saturated heterocycles. The number of amides is 2. The number of fused-ring (bicyclic) bond motifs is 1. The first-order valence-electron chi connectivity index (χ1n) is 20.8. The third-order valence-corrected chi connectivity index (χ3v) is 30.3. The summed E-state index contributed by atoms with van der Waals surface area (Å²) < 4.78 is 26.9. The Morgan fingerprint density at radius 1 is 0.474 bits per heavy atom. The predicted molar refractivity (Wildman–Crippen MR) is 260 cm³/mol. The van der Waals surface area contributed by atoms with Gasteiger partial charge in [0.05, 0.1) is 32.3 Å². The van der Waals surface area contributed by atoms with Crippen LogP contribution in [0, 0.1) is 0 Å².